The Hall–Kier alpha value is -2.20. The molecule has 0 aliphatic rings. The van der Waals surface area contributed by atoms with Gasteiger partial charge >= 0.3 is 6.18 Å². The van der Waals surface area contributed by atoms with Crippen molar-refractivity contribution in [1.82, 2.24) is 9.78 Å². The Morgan fingerprint density at radius 2 is 1.62 bits per heavy atom. The summed E-state index contributed by atoms with van der Waals surface area (Å²) in [5.74, 6) is 0. The van der Waals surface area contributed by atoms with E-state index in [0.717, 1.165) is 6.07 Å². The smallest absolute Gasteiger partial charge is 0.435 e. The highest BCUT2D eigenvalue weighted by Gasteiger charge is 2.35. The number of nitrogens with zero attached hydrogens (tertiary/aromatic N) is 2. The summed E-state index contributed by atoms with van der Waals surface area (Å²) in [4.78, 5) is 0. The van der Waals surface area contributed by atoms with Gasteiger partial charge in [0.1, 0.15) is 0 Å². The van der Waals surface area contributed by atoms with Crippen molar-refractivity contribution in [3.05, 3.63) is 71.4 Å². The van der Waals surface area contributed by atoms with Gasteiger partial charge in [0.15, 0.2) is 5.69 Å². The largest absolute Gasteiger partial charge is 0.760 e. The molecule has 0 spiro atoms. The second-order valence-electron chi connectivity index (χ2n) is 4.93. The van der Waals surface area contributed by atoms with Gasteiger partial charge < -0.3 is 4.55 Å². The van der Waals surface area contributed by atoms with E-state index < -0.39 is 23.1 Å². The summed E-state index contributed by atoms with van der Waals surface area (Å²) in [5.41, 5.74) is 0.593. The summed E-state index contributed by atoms with van der Waals surface area (Å²) >= 11 is 3.47. The molecule has 0 bridgehead atoms. The zero-order valence-electron chi connectivity index (χ0n) is 13.0. The lowest BCUT2D eigenvalue weighted by atomic mass is 10.1. The molecule has 10 heteroatoms. The SMILES string of the molecule is FC(F)(F)c1cc(-c2ccc(Cl)cc2)n(-c2ccccc2)n1.NS(=O)[O-]. The Morgan fingerprint density at radius 3 is 2.12 bits per heavy atom. The lowest BCUT2D eigenvalue weighted by Gasteiger charge is -2.07. The fraction of sp³-hybridized carbons (Fsp3) is 0.0625. The first-order valence-corrected chi connectivity index (χ1v) is 8.52. The third-order valence-corrected chi connectivity index (χ3v) is 3.39. The molecular formula is C16H12ClF3N3O2S-. The van der Waals surface area contributed by atoms with Crippen LogP contribution in [0.2, 0.25) is 5.02 Å². The van der Waals surface area contributed by atoms with E-state index in [0.29, 0.717) is 22.0 Å². The second-order valence-corrected chi connectivity index (χ2v) is 5.88. The van der Waals surface area contributed by atoms with Crippen LogP contribution in [0.5, 0.6) is 0 Å². The Labute approximate surface area is 154 Å². The predicted octanol–water partition coefficient (Wildman–Crippen LogP) is 3.95. The number of rotatable bonds is 2. The Bertz CT molecular complexity index is 880. The van der Waals surface area contributed by atoms with Crippen LogP contribution in [0, 0.1) is 0 Å². The van der Waals surface area contributed by atoms with Crippen LogP contribution in [0.25, 0.3) is 16.9 Å². The topological polar surface area (TPSA) is 84.0 Å². The number of halogens is 4. The van der Waals surface area contributed by atoms with E-state index in [1.54, 1.807) is 54.6 Å². The third-order valence-electron chi connectivity index (χ3n) is 3.14. The summed E-state index contributed by atoms with van der Waals surface area (Å²) < 4.78 is 57.8. The molecule has 26 heavy (non-hydrogen) atoms. The minimum Gasteiger partial charge on any atom is -0.760 e. The first-order chi connectivity index (χ1) is 12.2. The molecule has 2 N–H and O–H groups in total. The van der Waals surface area contributed by atoms with Crippen LogP contribution in [-0.2, 0) is 17.4 Å². The van der Waals surface area contributed by atoms with E-state index >= 15 is 0 Å². The lowest BCUT2D eigenvalue weighted by molar-refractivity contribution is -0.141. The van der Waals surface area contributed by atoms with Crippen molar-refractivity contribution >= 4 is 22.9 Å². The first-order valence-electron chi connectivity index (χ1n) is 7.01. The predicted molar refractivity (Wildman–Crippen MR) is 92.1 cm³/mol. The maximum Gasteiger partial charge on any atom is 0.435 e. The van der Waals surface area contributed by atoms with E-state index in [4.69, 9.17) is 20.4 Å². The van der Waals surface area contributed by atoms with Crippen molar-refractivity contribution < 1.29 is 21.9 Å². The van der Waals surface area contributed by atoms with Gasteiger partial charge in [-0.1, -0.05) is 41.9 Å². The van der Waals surface area contributed by atoms with Crippen LogP contribution in [0.4, 0.5) is 13.2 Å². The number of aromatic nitrogens is 2. The normalized spacial score (nSPS) is 12.2. The molecule has 1 atom stereocenters. The van der Waals surface area contributed by atoms with Crippen LogP contribution in [0.3, 0.4) is 0 Å². The Kier molecular flexibility index (Phi) is 6.54. The highest BCUT2D eigenvalue weighted by atomic mass is 35.5. The van der Waals surface area contributed by atoms with Crippen LogP contribution in [0.1, 0.15) is 5.69 Å². The molecule has 0 radical (unpaired) electrons. The third kappa shape index (κ3) is 5.40. The van der Waals surface area contributed by atoms with Crippen LogP contribution < -0.4 is 5.14 Å². The molecule has 5 nitrogen and oxygen atoms in total. The van der Waals surface area contributed by atoms with Crippen molar-refractivity contribution in [1.29, 1.82) is 0 Å². The van der Waals surface area contributed by atoms with E-state index in [9.17, 15) is 13.2 Å². The molecular weight excluding hydrogens is 391 g/mol. The van der Waals surface area contributed by atoms with Gasteiger partial charge in [0.05, 0.1) is 11.4 Å². The van der Waals surface area contributed by atoms with Gasteiger partial charge in [-0.25, -0.2) is 4.68 Å². The van der Waals surface area contributed by atoms with Crippen LogP contribution in [-0.4, -0.2) is 18.5 Å². The molecule has 0 saturated heterocycles. The molecule has 3 rings (SSSR count). The molecule has 0 aliphatic carbocycles. The van der Waals surface area contributed by atoms with Gasteiger partial charge in [0, 0.05) is 21.9 Å². The average molecular weight is 403 g/mol. The van der Waals surface area contributed by atoms with E-state index in [2.05, 4.69) is 10.2 Å². The zero-order chi connectivity index (χ0) is 19.3. The number of para-hydroxylation sites is 1. The van der Waals surface area contributed by atoms with Crippen molar-refractivity contribution in [2.45, 2.75) is 6.18 Å². The van der Waals surface area contributed by atoms with Gasteiger partial charge in [-0.2, -0.15) is 18.3 Å². The first kappa shape index (κ1) is 20.1. The van der Waals surface area contributed by atoms with Gasteiger partial charge in [0.2, 0.25) is 0 Å². The Balaban J connectivity index is 0.000000552. The second kappa shape index (κ2) is 8.45. The van der Waals surface area contributed by atoms with Gasteiger partial charge in [-0.05, 0) is 30.3 Å². The standard InChI is InChI=1S/C16H10ClF3N2.H3NO2S/c17-12-8-6-11(7-9-12)14-10-15(16(18,19)20)21-22(14)13-4-2-1-3-5-13;1-4(2)3/h1-10H;1H2,(H,2,3)/p-1. The molecule has 1 aromatic heterocycles. The molecule has 0 aliphatic heterocycles. The zero-order valence-corrected chi connectivity index (χ0v) is 14.6. The van der Waals surface area contributed by atoms with Gasteiger partial charge in [-0.15, -0.1) is 0 Å². The average Bonchev–Trinajstić information content (AvgIpc) is 3.01. The minimum absolute atomic E-state index is 0.357. The van der Waals surface area contributed by atoms with Crippen molar-refractivity contribution in [3.8, 4) is 16.9 Å². The summed E-state index contributed by atoms with van der Waals surface area (Å²) in [6.07, 6.45) is -4.50. The number of benzene rings is 2. The molecule has 0 fully saturated rings. The number of alkyl halides is 3. The molecule has 138 valence electrons. The number of nitrogens with two attached hydrogens (primary N) is 1. The summed E-state index contributed by atoms with van der Waals surface area (Å²) in [6.45, 7) is 0. The maximum absolute atomic E-state index is 13.0. The lowest BCUT2D eigenvalue weighted by Crippen LogP contribution is -2.07. The maximum atomic E-state index is 13.0. The number of hydrogen-bond acceptors (Lipinski definition) is 3. The fourth-order valence-electron chi connectivity index (χ4n) is 2.11. The highest BCUT2D eigenvalue weighted by molar-refractivity contribution is 7.76. The van der Waals surface area contributed by atoms with Gasteiger partial charge in [0.25, 0.3) is 0 Å². The summed E-state index contributed by atoms with van der Waals surface area (Å²) in [5, 5.41) is 8.26. The van der Waals surface area contributed by atoms with E-state index in [-0.39, 0.29) is 0 Å². The van der Waals surface area contributed by atoms with Crippen molar-refractivity contribution in [2.24, 2.45) is 5.14 Å². The molecule has 3 aromatic rings. The molecule has 1 unspecified atom stereocenters. The summed E-state index contributed by atoms with van der Waals surface area (Å²) in [7, 11) is 0. The molecule has 0 amide bonds. The van der Waals surface area contributed by atoms with Crippen LogP contribution >= 0.6 is 11.6 Å². The highest BCUT2D eigenvalue weighted by Crippen LogP contribution is 2.33. The van der Waals surface area contributed by atoms with Crippen molar-refractivity contribution in [2.75, 3.05) is 0 Å². The molecule has 0 saturated carbocycles. The van der Waals surface area contributed by atoms with E-state index in [1.165, 1.54) is 4.68 Å². The van der Waals surface area contributed by atoms with Gasteiger partial charge in [-0.3, -0.25) is 9.35 Å². The monoisotopic (exact) mass is 402 g/mol. The van der Waals surface area contributed by atoms with Crippen molar-refractivity contribution in [3.63, 3.8) is 0 Å². The molecule has 1 heterocycles. The fourth-order valence-corrected chi connectivity index (χ4v) is 2.24. The van der Waals surface area contributed by atoms with Crippen LogP contribution in [0.15, 0.2) is 60.7 Å². The molecule has 2 aromatic carbocycles. The Morgan fingerprint density at radius 1 is 1.08 bits per heavy atom. The number of hydrogen-bond donors (Lipinski definition) is 1. The van der Waals surface area contributed by atoms with E-state index in [1.807, 2.05) is 0 Å². The summed E-state index contributed by atoms with van der Waals surface area (Å²) in [6, 6.07) is 16.3. The quantitative estimate of drug-likeness (QED) is 0.659. The minimum atomic E-state index is -4.50.